The molecule has 3 rings (SSSR count). The van der Waals surface area contributed by atoms with Crippen LogP contribution in [-0.2, 0) is 21.4 Å². The minimum Gasteiger partial charge on any atom is -0.349 e. The number of aromatic nitrogens is 2. The summed E-state index contributed by atoms with van der Waals surface area (Å²) >= 11 is 0. The van der Waals surface area contributed by atoms with Crippen LogP contribution in [0.5, 0.6) is 0 Å². The van der Waals surface area contributed by atoms with Crippen molar-refractivity contribution in [1.82, 2.24) is 15.3 Å². The molecule has 0 saturated carbocycles. The van der Waals surface area contributed by atoms with Crippen molar-refractivity contribution >= 4 is 32.5 Å². The summed E-state index contributed by atoms with van der Waals surface area (Å²) in [5, 5.41) is 3.49. The van der Waals surface area contributed by atoms with E-state index in [4.69, 9.17) is 0 Å². The number of para-hydroxylation sites is 1. The van der Waals surface area contributed by atoms with Crippen molar-refractivity contribution in [2.24, 2.45) is 0 Å². The van der Waals surface area contributed by atoms with Crippen LogP contribution >= 0.6 is 0 Å². The predicted molar refractivity (Wildman–Crippen MR) is 100 cm³/mol. The molecule has 1 aromatic carbocycles. The lowest BCUT2D eigenvalue weighted by Gasteiger charge is -2.22. The van der Waals surface area contributed by atoms with E-state index in [1.807, 2.05) is 18.2 Å². The quantitative estimate of drug-likeness (QED) is 0.713. The number of hydrogen-bond donors (Lipinski definition) is 1. The number of hydrogen-bond acceptors (Lipinski definition) is 5. The van der Waals surface area contributed by atoms with Gasteiger partial charge in [0.05, 0.1) is 29.7 Å². The van der Waals surface area contributed by atoms with Gasteiger partial charge < -0.3 is 5.32 Å². The first kappa shape index (κ1) is 17.8. The zero-order valence-electron chi connectivity index (χ0n) is 14.2. The summed E-state index contributed by atoms with van der Waals surface area (Å²) in [7, 11) is -3.67. The molecule has 1 N–H and O–H groups in total. The molecule has 0 bridgehead atoms. The average Bonchev–Trinajstić information content (AvgIpc) is 2.64. The van der Waals surface area contributed by atoms with E-state index in [-0.39, 0.29) is 13.1 Å². The van der Waals surface area contributed by atoms with E-state index in [9.17, 15) is 13.2 Å². The zero-order valence-corrected chi connectivity index (χ0v) is 15.0. The summed E-state index contributed by atoms with van der Waals surface area (Å²) in [6.07, 6.45) is 4.29. The van der Waals surface area contributed by atoms with E-state index in [2.05, 4.69) is 15.3 Å². The topological polar surface area (TPSA) is 92.3 Å². The third-order valence-electron chi connectivity index (χ3n) is 3.76. The Kier molecular flexibility index (Phi) is 5.13. The van der Waals surface area contributed by atoms with Crippen molar-refractivity contribution in [3.63, 3.8) is 0 Å². The zero-order chi connectivity index (χ0) is 18.6. The lowest BCUT2D eigenvalue weighted by atomic mass is 10.2. The Hall–Kier alpha value is -3.00. The summed E-state index contributed by atoms with van der Waals surface area (Å²) < 4.78 is 25.6. The van der Waals surface area contributed by atoms with Crippen LogP contribution < -0.4 is 9.62 Å². The Balaban J connectivity index is 1.84. The highest BCUT2D eigenvalue weighted by Crippen LogP contribution is 2.26. The van der Waals surface area contributed by atoms with Crippen molar-refractivity contribution in [2.45, 2.75) is 6.54 Å². The highest BCUT2D eigenvalue weighted by atomic mass is 32.2. The number of benzene rings is 1. The molecule has 26 heavy (non-hydrogen) atoms. The molecule has 2 aromatic heterocycles. The van der Waals surface area contributed by atoms with E-state index in [0.29, 0.717) is 16.9 Å². The first-order valence-corrected chi connectivity index (χ1v) is 9.78. The van der Waals surface area contributed by atoms with Crippen LogP contribution in [0.4, 0.5) is 5.69 Å². The fourth-order valence-corrected chi connectivity index (χ4v) is 3.40. The number of nitrogens with zero attached hydrogens (tertiary/aromatic N) is 3. The third-order valence-corrected chi connectivity index (χ3v) is 4.89. The van der Waals surface area contributed by atoms with Gasteiger partial charge in [-0.3, -0.25) is 19.1 Å². The number of amides is 1. The minimum atomic E-state index is -3.67. The molecule has 8 heteroatoms. The summed E-state index contributed by atoms with van der Waals surface area (Å²) in [5.41, 5.74) is 1.59. The molecule has 0 atom stereocenters. The Morgan fingerprint density at radius 1 is 1.04 bits per heavy atom. The predicted octanol–water partition coefficient (Wildman–Crippen LogP) is 1.71. The molecule has 0 aliphatic rings. The number of carbonyl (C=O) groups excluding carboxylic acids is 1. The Labute approximate surface area is 151 Å². The van der Waals surface area contributed by atoms with Gasteiger partial charge in [-0.25, -0.2) is 8.42 Å². The van der Waals surface area contributed by atoms with Gasteiger partial charge in [0, 0.05) is 17.8 Å². The van der Waals surface area contributed by atoms with Gasteiger partial charge in [0.25, 0.3) is 0 Å². The number of fused-ring (bicyclic) bond motifs is 1. The van der Waals surface area contributed by atoms with Crippen molar-refractivity contribution in [1.29, 1.82) is 0 Å². The highest BCUT2D eigenvalue weighted by Gasteiger charge is 2.23. The number of sulfonamides is 1. The molecule has 0 aliphatic carbocycles. The third kappa shape index (κ3) is 4.15. The number of rotatable bonds is 6. The van der Waals surface area contributed by atoms with E-state index >= 15 is 0 Å². The van der Waals surface area contributed by atoms with E-state index in [0.717, 1.165) is 15.9 Å². The van der Waals surface area contributed by atoms with Crippen molar-refractivity contribution in [3.05, 3.63) is 66.6 Å². The average molecular weight is 370 g/mol. The van der Waals surface area contributed by atoms with Crippen LogP contribution in [0.1, 0.15) is 5.69 Å². The normalized spacial score (nSPS) is 11.3. The van der Waals surface area contributed by atoms with Gasteiger partial charge in [-0.1, -0.05) is 24.3 Å². The summed E-state index contributed by atoms with van der Waals surface area (Å²) in [4.78, 5) is 20.7. The van der Waals surface area contributed by atoms with Gasteiger partial charge >= 0.3 is 0 Å². The fourth-order valence-electron chi connectivity index (χ4n) is 2.55. The lowest BCUT2D eigenvalue weighted by Crippen LogP contribution is -2.40. The van der Waals surface area contributed by atoms with E-state index in [1.54, 1.807) is 42.7 Å². The molecule has 3 aromatic rings. The van der Waals surface area contributed by atoms with Crippen LogP contribution in [-0.4, -0.2) is 37.1 Å². The molecule has 0 unspecified atom stereocenters. The summed E-state index contributed by atoms with van der Waals surface area (Å²) in [6, 6.07) is 14.2. The first-order chi connectivity index (χ1) is 12.4. The van der Waals surface area contributed by atoms with Crippen LogP contribution in [0.15, 0.2) is 60.9 Å². The van der Waals surface area contributed by atoms with Gasteiger partial charge in [-0.05, 0) is 24.3 Å². The van der Waals surface area contributed by atoms with Crippen LogP contribution in [0.25, 0.3) is 10.9 Å². The molecule has 0 aliphatic heterocycles. The van der Waals surface area contributed by atoms with Crippen LogP contribution in [0, 0.1) is 0 Å². The minimum absolute atomic E-state index is 0.227. The molecule has 134 valence electrons. The van der Waals surface area contributed by atoms with Gasteiger partial charge in [-0.15, -0.1) is 0 Å². The Bertz CT molecular complexity index is 1020. The maximum Gasteiger partial charge on any atom is 0.241 e. The lowest BCUT2D eigenvalue weighted by molar-refractivity contribution is -0.119. The molecule has 1 amide bonds. The maximum absolute atomic E-state index is 12.3. The molecular formula is C18H18N4O3S. The largest absolute Gasteiger partial charge is 0.349 e. The monoisotopic (exact) mass is 370 g/mol. The number of nitrogens with one attached hydrogen (secondary N) is 1. The Morgan fingerprint density at radius 2 is 1.81 bits per heavy atom. The number of pyridine rings is 2. The number of anilines is 1. The van der Waals surface area contributed by atoms with Gasteiger partial charge in [0.1, 0.15) is 6.54 Å². The molecule has 7 nitrogen and oxygen atoms in total. The van der Waals surface area contributed by atoms with Crippen molar-refractivity contribution in [3.8, 4) is 0 Å². The SMILES string of the molecule is CS(=O)(=O)N(CC(=O)NCc1ccccn1)c1cccc2cccnc12. The van der Waals surface area contributed by atoms with E-state index < -0.39 is 15.9 Å². The Morgan fingerprint density at radius 3 is 2.54 bits per heavy atom. The second-order valence-electron chi connectivity index (χ2n) is 5.72. The molecule has 0 spiro atoms. The van der Waals surface area contributed by atoms with Crippen LogP contribution in [0.3, 0.4) is 0 Å². The van der Waals surface area contributed by atoms with Gasteiger partial charge in [0.2, 0.25) is 15.9 Å². The van der Waals surface area contributed by atoms with E-state index in [1.165, 1.54) is 0 Å². The first-order valence-electron chi connectivity index (χ1n) is 7.93. The maximum atomic E-state index is 12.3. The number of carbonyl (C=O) groups is 1. The molecule has 2 heterocycles. The van der Waals surface area contributed by atoms with Gasteiger partial charge in [0.15, 0.2) is 0 Å². The second kappa shape index (κ2) is 7.49. The van der Waals surface area contributed by atoms with Crippen molar-refractivity contribution < 1.29 is 13.2 Å². The second-order valence-corrected chi connectivity index (χ2v) is 7.63. The highest BCUT2D eigenvalue weighted by molar-refractivity contribution is 7.92. The molecular weight excluding hydrogens is 352 g/mol. The fraction of sp³-hybridized carbons (Fsp3) is 0.167. The molecule has 0 fully saturated rings. The molecule has 0 saturated heterocycles. The van der Waals surface area contributed by atoms with Crippen LogP contribution in [0.2, 0.25) is 0 Å². The summed E-state index contributed by atoms with van der Waals surface area (Å²) in [5.74, 6) is -0.422. The van der Waals surface area contributed by atoms with Gasteiger partial charge in [-0.2, -0.15) is 0 Å². The summed E-state index contributed by atoms with van der Waals surface area (Å²) in [6.45, 7) is -0.105. The van der Waals surface area contributed by atoms with Crippen molar-refractivity contribution in [2.75, 3.05) is 17.1 Å². The standard InChI is InChI=1S/C18H18N4O3S/c1-26(24,25)22(13-17(23)21-12-15-8-2-3-10-19-15)16-9-4-6-14-7-5-11-20-18(14)16/h2-11H,12-13H2,1H3,(H,21,23). The molecule has 0 radical (unpaired) electrons. The smallest absolute Gasteiger partial charge is 0.241 e.